The number of nitrogens with two attached hydrogens (primary N) is 1. The van der Waals surface area contributed by atoms with E-state index < -0.39 is 53.7 Å². The maximum atomic E-state index is 13.9. The second-order valence-corrected chi connectivity index (χ2v) is 15.6. The number of aryl methyl sites for hydroxylation is 1. The second kappa shape index (κ2) is 30.3. The Bertz CT molecular complexity index is 1620. The van der Waals surface area contributed by atoms with Crippen molar-refractivity contribution in [3.63, 3.8) is 0 Å². The van der Waals surface area contributed by atoms with Crippen molar-refractivity contribution in [2.24, 2.45) is 17.6 Å². The number of likely N-dealkylation sites (tertiary alicyclic amines) is 1. The fourth-order valence-corrected chi connectivity index (χ4v) is 7.21. The maximum absolute atomic E-state index is 13.9. The summed E-state index contributed by atoms with van der Waals surface area (Å²) in [5.74, 6) is -1.40. The highest BCUT2D eigenvalue weighted by molar-refractivity contribution is 7.97. The smallest absolute Gasteiger partial charge is 0.410 e. The van der Waals surface area contributed by atoms with Crippen LogP contribution in [0.25, 0.3) is 0 Å². The number of carbonyl (C=O) groups excluding carboxylic acids is 5. The Balaban J connectivity index is 0.00000164. The molecule has 1 saturated heterocycles. The Morgan fingerprint density at radius 3 is 2.15 bits per heavy atom. The summed E-state index contributed by atoms with van der Waals surface area (Å²) in [6, 6.07) is 14.3. The van der Waals surface area contributed by atoms with Crippen LogP contribution in [0.5, 0.6) is 5.75 Å². The van der Waals surface area contributed by atoms with Gasteiger partial charge in [-0.15, -0.1) is 0 Å². The fraction of sp³-hybridized carbons (Fsp3) is 0.605. The molecule has 1 aliphatic heterocycles. The van der Waals surface area contributed by atoms with E-state index in [0.717, 1.165) is 6.42 Å². The number of likely N-dealkylation sites (N-methyl/N-ethyl adjacent to an activating group) is 1. The van der Waals surface area contributed by atoms with Crippen LogP contribution in [-0.2, 0) is 28.7 Å². The first kappa shape index (κ1) is 54.2. The summed E-state index contributed by atoms with van der Waals surface area (Å²) in [5.41, 5.74) is 6.62. The van der Waals surface area contributed by atoms with Gasteiger partial charge < -0.3 is 40.4 Å². The van der Waals surface area contributed by atoms with Crippen LogP contribution in [0, 0.1) is 28.9 Å². The summed E-state index contributed by atoms with van der Waals surface area (Å²) < 4.78 is 19.4. The second-order valence-electron chi connectivity index (χ2n) is 14.7. The molecular weight excluding hydrogens is 807 g/mol. The molecule has 61 heavy (non-hydrogen) atoms. The third-order valence-corrected chi connectivity index (χ3v) is 10.8. The van der Waals surface area contributed by atoms with Crippen LogP contribution >= 0.6 is 11.9 Å². The summed E-state index contributed by atoms with van der Waals surface area (Å²) in [6.07, 6.45) is 1.70. The van der Waals surface area contributed by atoms with Crippen LogP contribution in [0.15, 0.2) is 54.6 Å². The average Bonchev–Trinajstić information content (AvgIpc) is 3.74. The van der Waals surface area contributed by atoms with Crippen molar-refractivity contribution in [2.45, 2.75) is 104 Å². The minimum absolute atomic E-state index is 0.0474. The number of ether oxygens (including phenoxy) is 3. The van der Waals surface area contributed by atoms with E-state index in [1.165, 1.54) is 67.3 Å². The number of rotatable bonds is 21. The number of nitro groups is 1. The van der Waals surface area contributed by atoms with Gasteiger partial charge in [0, 0.05) is 45.7 Å². The number of hydrogen-bond acceptors (Lipinski definition) is 12. The number of methoxy groups -OCH3 is 2. The first-order valence-corrected chi connectivity index (χ1v) is 21.8. The van der Waals surface area contributed by atoms with Gasteiger partial charge in [0.1, 0.15) is 12.3 Å². The van der Waals surface area contributed by atoms with E-state index in [4.69, 9.17) is 19.9 Å². The van der Waals surface area contributed by atoms with E-state index in [9.17, 15) is 34.1 Å². The normalized spacial score (nSPS) is 15.5. The molecule has 6 unspecified atom stereocenters. The number of nitro benzene ring substituents is 1. The number of non-ortho nitro benzene ring substituents is 1. The third-order valence-electron chi connectivity index (χ3n) is 9.95. The SMILES string of the molecule is CCC.CCC(C)C(C(CC(=O)N1CCCC1C(OC)C(C)C(=O)NCC(=O)NSCCCN)OC)N(C)C(=O)CNC(=O)Oc1ccc([N+](=O)[O-])cc1.Cc1ccccc1. The molecule has 0 aromatic heterocycles. The van der Waals surface area contributed by atoms with Crippen molar-refractivity contribution in [2.75, 3.05) is 53.2 Å². The molecule has 1 aliphatic rings. The lowest BCUT2D eigenvalue weighted by molar-refractivity contribution is -0.384. The van der Waals surface area contributed by atoms with Gasteiger partial charge in [0.05, 0.1) is 48.1 Å². The molecule has 342 valence electrons. The molecular formula is C43H69N7O10S. The van der Waals surface area contributed by atoms with Crippen molar-refractivity contribution >= 4 is 47.4 Å². The Labute approximate surface area is 365 Å². The van der Waals surface area contributed by atoms with E-state index >= 15 is 0 Å². The van der Waals surface area contributed by atoms with Gasteiger partial charge in [0.2, 0.25) is 23.6 Å². The van der Waals surface area contributed by atoms with Gasteiger partial charge in [-0.25, -0.2) is 4.79 Å². The lowest BCUT2D eigenvalue weighted by atomic mass is 9.90. The first-order valence-electron chi connectivity index (χ1n) is 20.8. The first-order chi connectivity index (χ1) is 29.1. The summed E-state index contributed by atoms with van der Waals surface area (Å²) in [6.45, 7) is 12.3. The average molecular weight is 876 g/mol. The fourth-order valence-electron chi connectivity index (χ4n) is 6.56. The van der Waals surface area contributed by atoms with Crippen molar-refractivity contribution in [3.8, 4) is 5.75 Å². The number of nitrogens with one attached hydrogen (secondary N) is 3. The molecule has 1 fully saturated rings. The molecule has 0 spiro atoms. The molecule has 1 heterocycles. The quantitative estimate of drug-likeness (QED) is 0.0547. The van der Waals surface area contributed by atoms with Crippen molar-refractivity contribution in [3.05, 3.63) is 70.3 Å². The predicted octanol–water partition coefficient (Wildman–Crippen LogP) is 5.24. The number of amides is 5. The van der Waals surface area contributed by atoms with Gasteiger partial charge in [-0.2, -0.15) is 0 Å². The molecule has 0 radical (unpaired) electrons. The van der Waals surface area contributed by atoms with E-state index in [-0.39, 0.29) is 48.0 Å². The van der Waals surface area contributed by atoms with E-state index in [1.54, 1.807) is 18.9 Å². The van der Waals surface area contributed by atoms with E-state index in [1.807, 2.05) is 32.0 Å². The number of hydrogen-bond donors (Lipinski definition) is 4. The molecule has 5 N–H and O–H groups in total. The van der Waals surface area contributed by atoms with Crippen molar-refractivity contribution < 1.29 is 43.1 Å². The minimum Gasteiger partial charge on any atom is -0.410 e. The third kappa shape index (κ3) is 19.6. The number of carbonyl (C=O) groups is 5. The van der Waals surface area contributed by atoms with Crippen LogP contribution in [0.1, 0.15) is 78.7 Å². The molecule has 2 aromatic carbocycles. The number of nitrogens with zero attached hydrogens (tertiary/aromatic N) is 3. The molecule has 17 nitrogen and oxygen atoms in total. The Kier molecular flexibility index (Phi) is 26.9. The summed E-state index contributed by atoms with van der Waals surface area (Å²) >= 11 is 1.23. The monoisotopic (exact) mass is 875 g/mol. The van der Waals surface area contributed by atoms with Crippen LogP contribution in [-0.4, -0.2) is 122 Å². The standard InChI is InChI=1S/C33H53N7O10S.C7H8.C3H8/c1-7-21(2)30(38(4)29(43)20-36-33(45)50-24-13-11-23(12-14-24)40(46)47)26(48-5)18-28(42)39-16-8-10-25(39)31(49-6)22(3)32(44)35-19-27(41)37-51-17-9-15-34;1-7-5-3-2-4-6-7;1-3-2/h11-14,21-22,25-26,30-31H,7-10,15-20,34H2,1-6H3,(H,35,44)(H,36,45)(H,37,41);2-6H,1H3;3H2,1-2H3. The topological polar surface area (TPSA) is 225 Å². The minimum atomic E-state index is -0.916. The highest BCUT2D eigenvalue weighted by Gasteiger charge is 2.42. The maximum Gasteiger partial charge on any atom is 0.413 e. The molecule has 2 aromatic rings. The largest absolute Gasteiger partial charge is 0.413 e. The molecule has 3 rings (SSSR count). The predicted molar refractivity (Wildman–Crippen MR) is 238 cm³/mol. The zero-order valence-corrected chi connectivity index (χ0v) is 38.2. The Morgan fingerprint density at radius 2 is 1.62 bits per heavy atom. The Hall–Kier alpha value is -4.78. The zero-order chi connectivity index (χ0) is 45.9. The highest BCUT2D eigenvalue weighted by Crippen LogP contribution is 2.29. The number of benzene rings is 2. The van der Waals surface area contributed by atoms with Gasteiger partial charge in [-0.3, -0.25) is 34.0 Å². The van der Waals surface area contributed by atoms with Crippen LogP contribution in [0.3, 0.4) is 0 Å². The van der Waals surface area contributed by atoms with Gasteiger partial charge in [0.15, 0.2) is 0 Å². The molecule has 5 amide bonds. The molecule has 0 bridgehead atoms. The Morgan fingerprint density at radius 1 is 0.984 bits per heavy atom. The van der Waals surface area contributed by atoms with Crippen molar-refractivity contribution in [1.82, 2.24) is 25.2 Å². The summed E-state index contributed by atoms with van der Waals surface area (Å²) in [7, 11) is 4.55. The van der Waals surface area contributed by atoms with Gasteiger partial charge >= 0.3 is 6.09 Å². The van der Waals surface area contributed by atoms with Gasteiger partial charge in [0.25, 0.3) is 5.69 Å². The lowest BCUT2D eigenvalue weighted by Crippen LogP contribution is -2.54. The highest BCUT2D eigenvalue weighted by atomic mass is 32.2. The van der Waals surface area contributed by atoms with Crippen LogP contribution in [0.2, 0.25) is 0 Å². The van der Waals surface area contributed by atoms with Crippen molar-refractivity contribution in [1.29, 1.82) is 0 Å². The van der Waals surface area contributed by atoms with E-state index in [2.05, 4.69) is 48.3 Å². The summed E-state index contributed by atoms with van der Waals surface area (Å²) in [5, 5.41) is 15.9. The lowest BCUT2D eigenvalue weighted by Gasteiger charge is -2.39. The van der Waals surface area contributed by atoms with Crippen LogP contribution in [0.4, 0.5) is 10.5 Å². The van der Waals surface area contributed by atoms with E-state index in [0.29, 0.717) is 38.1 Å². The molecule has 0 saturated carbocycles. The molecule has 6 atom stereocenters. The molecule has 0 aliphatic carbocycles. The zero-order valence-electron chi connectivity index (χ0n) is 37.3. The van der Waals surface area contributed by atoms with Gasteiger partial charge in [-0.1, -0.05) is 95.3 Å². The van der Waals surface area contributed by atoms with Crippen LogP contribution < -0.4 is 25.8 Å². The van der Waals surface area contributed by atoms with Gasteiger partial charge in [-0.05, 0) is 50.8 Å². The molecule has 18 heteroatoms. The summed E-state index contributed by atoms with van der Waals surface area (Å²) in [4.78, 5) is 78.1.